The van der Waals surface area contributed by atoms with E-state index in [2.05, 4.69) is 19.8 Å². The van der Waals surface area contributed by atoms with Crippen LogP contribution in [0.25, 0.3) is 11.3 Å². The summed E-state index contributed by atoms with van der Waals surface area (Å²) in [6.07, 6.45) is 3.70. The number of amides is 1. The molecule has 4 heterocycles. The Morgan fingerprint density at radius 1 is 1.00 bits per heavy atom. The van der Waals surface area contributed by atoms with E-state index in [0.29, 0.717) is 36.6 Å². The molecule has 0 saturated carbocycles. The highest BCUT2D eigenvalue weighted by atomic mass is 35.5. The van der Waals surface area contributed by atoms with Gasteiger partial charge in [0.05, 0.1) is 37.8 Å². The minimum Gasteiger partial charge on any atom is -0.378 e. The maximum Gasteiger partial charge on any atom is 0.236 e. The highest BCUT2D eigenvalue weighted by Crippen LogP contribution is 2.33. The summed E-state index contributed by atoms with van der Waals surface area (Å²) in [6, 6.07) is 7.64. The van der Waals surface area contributed by atoms with Gasteiger partial charge in [-0.25, -0.2) is 4.98 Å². The van der Waals surface area contributed by atoms with Crippen LogP contribution in [0.2, 0.25) is 5.02 Å². The lowest BCUT2D eigenvalue weighted by molar-refractivity contribution is -0.136. The summed E-state index contributed by atoms with van der Waals surface area (Å²) >= 11 is 5.96. The number of likely N-dealkylation sites (tertiary alicyclic amines) is 1. The average molecular weight is 428 g/mol. The molecule has 3 aliphatic rings. The Morgan fingerprint density at radius 3 is 2.33 bits per heavy atom. The maximum atomic E-state index is 12.5. The van der Waals surface area contributed by atoms with E-state index in [9.17, 15) is 4.79 Å². The Balaban J connectivity index is 1.16. The largest absolute Gasteiger partial charge is 0.378 e. The van der Waals surface area contributed by atoms with Gasteiger partial charge < -0.3 is 14.5 Å². The summed E-state index contributed by atoms with van der Waals surface area (Å²) in [7, 11) is 0. The Bertz CT molecular complexity index is 871. The number of rotatable bonds is 4. The lowest BCUT2D eigenvalue weighted by Gasteiger charge is -2.29. The van der Waals surface area contributed by atoms with Gasteiger partial charge in [0.15, 0.2) is 0 Å². The van der Waals surface area contributed by atoms with Crippen molar-refractivity contribution in [2.75, 3.05) is 63.9 Å². The first-order valence-electron chi connectivity index (χ1n) is 10.6. The molecule has 30 heavy (non-hydrogen) atoms. The number of hydrogen-bond acceptors (Lipinski definition) is 6. The van der Waals surface area contributed by atoms with Crippen LogP contribution in [-0.2, 0) is 9.53 Å². The van der Waals surface area contributed by atoms with Crippen LogP contribution in [0, 0.1) is 11.8 Å². The molecule has 5 rings (SSSR count). The molecule has 3 fully saturated rings. The third-order valence-electron chi connectivity index (χ3n) is 6.39. The van der Waals surface area contributed by atoms with Gasteiger partial charge >= 0.3 is 0 Å². The summed E-state index contributed by atoms with van der Waals surface area (Å²) in [5.41, 5.74) is 1.86. The fourth-order valence-electron chi connectivity index (χ4n) is 4.76. The van der Waals surface area contributed by atoms with Gasteiger partial charge in [-0.15, -0.1) is 0 Å². The second-order valence-electron chi connectivity index (χ2n) is 8.38. The molecule has 0 spiro atoms. The molecule has 8 heteroatoms. The van der Waals surface area contributed by atoms with Crippen LogP contribution in [0.15, 0.2) is 36.7 Å². The number of nitrogens with zero attached hydrogens (tertiary/aromatic N) is 5. The van der Waals surface area contributed by atoms with Crippen LogP contribution in [0.5, 0.6) is 0 Å². The third-order valence-corrected chi connectivity index (χ3v) is 6.64. The third kappa shape index (κ3) is 4.15. The van der Waals surface area contributed by atoms with Crippen molar-refractivity contribution in [3.05, 3.63) is 41.7 Å². The Hall–Kier alpha value is -2.22. The lowest BCUT2D eigenvalue weighted by atomic mass is 10.0. The van der Waals surface area contributed by atoms with Gasteiger partial charge in [-0.05, 0) is 24.0 Å². The van der Waals surface area contributed by atoms with Gasteiger partial charge in [0.25, 0.3) is 0 Å². The molecule has 1 aromatic heterocycles. The average Bonchev–Trinajstić information content (AvgIpc) is 3.34. The quantitative estimate of drug-likeness (QED) is 0.744. The van der Waals surface area contributed by atoms with Gasteiger partial charge in [0.1, 0.15) is 5.82 Å². The second kappa shape index (κ2) is 8.49. The Labute approximate surface area is 181 Å². The van der Waals surface area contributed by atoms with Crippen molar-refractivity contribution >= 4 is 23.3 Å². The minimum atomic E-state index is 0.235. The van der Waals surface area contributed by atoms with Gasteiger partial charge in [0.2, 0.25) is 5.91 Å². The summed E-state index contributed by atoms with van der Waals surface area (Å²) in [5, 5.41) is 0.715. The van der Waals surface area contributed by atoms with Crippen LogP contribution in [-0.4, -0.2) is 84.7 Å². The molecule has 0 N–H and O–H groups in total. The number of benzene rings is 1. The first-order chi connectivity index (χ1) is 14.7. The standard InChI is InChI=1S/C22H26ClN5O2/c23-19-3-1-16(2-4-19)20-9-25-21(10-24-20)28-13-17-11-26(12-18(17)14-28)15-22(29)27-5-7-30-8-6-27/h1-4,9-10,17-18H,5-8,11-15H2. The summed E-state index contributed by atoms with van der Waals surface area (Å²) in [6.45, 7) is 7.19. The molecule has 0 bridgehead atoms. The molecular formula is C22H26ClN5O2. The van der Waals surface area contributed by atoms with E-state index in [0.717, 1.165) is 56.3 Å². The normalized spacial score (nSPS) is 24.3. The van der Waals surface area contributed by atoms with Gasteiger partial charge in [0, 0.05) is 49.9 Å². The molecule has 0 aliphatic carbocycles. The molecule has 7 nitrogen and oxygen atoms in total. The number of morpholine rings is 1. The van der Waals surface area contributed by atoms with Crippen LogP contribution < -0.4 is 4.90 Å². The number of halogens is 1. The van der Waals surface area contributed by atoms with Crippen LogP contribution in [0.3, 0.4) is 0 Å². The minimum absolute atomic E-state index is 0.235. The first-order valence-corrected chi connectivity index (χ1v) is 10.9. The number of hydrogen-bond donors (Lipinski definition) is 0. The Kier molecular flexibility index (Phi) is 5.58. The van der Waals surface area contributed by atoms with E-state index in [1.165, 1.54) is 0 Å². The maximum absolute atomic E-state index is 12.5. The predicted molar refractivity (Wildman–Crippen MR) is 116 cm³/mol. The molecule has 2 atom stereocenters. The van der Waals surface area contributed by atoms with Gasteiger partial charge in [-0.1, -0.05) is 23.7 Å². The molecule has 3 aliphatic heterocycles. The molecule has 0 radical (unpaired) electrons. The summed E-state index contributed by atoms with van der Waals surface area (Å²) in [5.74, 6) is 2.33. The first kappa shape index (κ1) is 19.7. The number of fused-ring (bicyclic) bond motifs is 1. The number of carbonyl (C=O) groups excluding carboxylic acids is 1. The lowest BCUT2D eigenvalue weighted by Crippen LogP contribution is -2.45. The summed E-state index contributed by atoms with van der Waals surface area (Å²) in [4.78, 5) is 28.4. The number of carbonyl (C=O) groups is 1. The topological polar surface area (TPSA) is 61.8 Å². The molecule has 1 aromatic carbocycles. The van der Waals surface area contributed by atoms with Crippen molar-refractivity contribution in [1.82, 2.24) is 19.8 Å². The highest BCUT2D eigenvalue weighted by Gasteiger charge is 2.41. The number of anilines is 1. The zero-order chi connectivity index (χ0) is 20.5. The van der Waals surface area contributed by atoms with E-state index in [1.807, 2.05) is 41.6 Å². The molecule has 1 amide bonds. The fourth-order valence-corrected chi connectivity index (χ4v) is 4.89. The zero-order valence-corrected chi connectivity index (χ0v) is 17.7. The van der Waals surface area contributed by atoms with Crippen LogP contribution in [0.4, 0.5) is 5.82 Å². The van der Waals surface area contributed by atoms with E-state index in [-0.39, 0.29) is 5.91 Å². The Morgan fingerprint density at radius 2 is 1.70 bits per heavy atom. The van der Waals surface area contributed by atoms with E-state index in [1.54, 1.807) is 0 Å². The molecule has 158 valence electrons. The van der Waals surface area contributed by atoms with Crippen molar-refractivity contribution < 1.29 is 9.53 Å². The van der Waals surface area contributed by atoms with Gasteiger partial charge in [-0.3, -0.25) is 14.7 Å². The van der Waals surface area contributed by atoms with Crippen molar-refractivity contribution in [3.8, 4) is 11.3 Å². The molecule has 3 saturated heterocycles. The SMILES string of the molecule is O=C(CN1CC2CN(c3cnc(-c4ccc(Cl)cc4)cn3)CC2C1)N1CCOCC1. The molecule has 2 aromatic rings. The van der Waals surface area contributed by atoms with E-state index >= 15 is 0 Å². The van der Waals surface area contributed by atoms with Crippen molar-refractivity contribution in [1.29, 1.82) is 0 Å². The summed E-state index contributed by atoms with van der Waals surface area (Å²) < 4.78 is 5.34. The van der Waals surface area contributed by atoms with E-state index < -0.39 is 0 Å². The van der Waals surface area contributed by atoms with Crippen LogP contribution in [0.1, 0.15) is 0 Å². The number of aromatic nitrogens is 2. The van der Waals surface area contributed by atoms with Crippen LogP contribution >= 0.6 is 11.6 Å². The van der Waals surface area contributed by atoms with Crippen molar-refractivity contribution in [2.24, 2.45) is 11.8 Å². The smallest absolute Gasteiger partial charge is 0.236 e. The zero-order valence-electron chi connectivity index (χ0n) is 16.9. The van der Waals surface area contributed by atoms with Crippen molar-refractivity contribution in [3.63, 3.8) is 0 Å². The molecular weight excluding hydrogens is 402 g/mol. The monoisotopic (exact) mass is 427 g/mol. The molecule has 2 unspecified atom stereocenters. The predicted octanol–water partition coefficient (Wildman–Crippen LogP) is 2.02. The van der Waals surface area contributed by atoms with Gasteiger partial charge in [-0.2, -0.15) is 0 Å². The van der Waals surface area contributed by atoms with E-state index in [4.69, 9.17) is 16.3 Å². The van der Waals surface area contributed by atoms with Crippen molar-refractivity contribution in [2.45, 2.75) is 0 Å². The highest BCUT2D eigenvalue weighted by molar-refractivity contribution is 6.30. The fraction of sp³-hybridized carbons (Fsp3) is 0.500. The number of ether oxygens (including phenoxy) is 1. The second-order valence-corrected chi connectivity index (χ2v) is 8.82.